The Morgan fingerprint density at radius 1 is 1.08 bits per heavy atom. The Morgan fingerprint density at radius 3 is 2.44 bits per heavy atom. The van der Waals surface area contributed by atoms with Crippen molar-refractivity contribution in [1.82, 2.24) is 9.78 Å². The zero-order chi connectivity index (χ0) is 17.5. The van der Waals surface area contributed by atoms with Crippen LogP contribution in [0.5, 0.6) is 5.75 Å². The molecule has 0 amide bonds. The summed E-state index contributed by atoms with van der Waals surface area (Å²) in [6.45, 7) is 0.162. The number of para-hydroxylation sites is 1. The lowest BCUT2D eigenvalue weighted by molar-refractivity contribution is 0.0539. The van der Waals surface area contributed by atoms with Crippen molar-refractivity contribution in [3.8, 4) is 11.4 Å². The third-order valence-corrected chi connectivity index (χ3v) is 3.54. The molecule has 0 aliphatic rings. The van der Waals surface area contributed by atoms with Crippen LogP contribution in [0.4, 0.5) is 0 Å². The first-order valence-electron chi connectivity index (χ1n) is 7.86. The minimum atomic E-state index is -0.524. The van der Waals surface area contributed by atoms with Gasteiger partial charge in [0.25, 0.3) is 0 Å². The monoisotopic (exact) mass is 334 g/mol. The third-order valence-electron chi connectivity index (χ3n) is 3.54. The Labute approximate surface area is 146 Å². The van der Waals surface area contributed by atoms with Crippen molar-refractivity contribution >= 4 is 12.0 Å². The van der Waals surface area contributed by atoms with E-state index in [1.807, 2.05) is 66.7 Å². The molecule has 3 rings (SSSR count). The van der Waals surface area contributed by atoms with Crippen molar-refractivity contribution in [2.75, 3.05) is 13.7 Å². The van der Waals surface area contributed by atoms with Gasteiger partial charge in [-0.2, -0.15) is 5.10 Å². The molecule has 0 aliphatic carbocycles. The summed E-state index contributed by atoms with van der Waals surface area (Å²) in [5.41, 5.74) is 2.03. The van der Waals surface area contributed by atoms with E-state index in [9.17, 15) is 4.79 Å². The first kappa shape index (κ1) is 16.5. The van der Waals surface area contributed by atoms with Crippen LogP contribution in [0, 0.1) is 0 Å². The molecule has 0 fully saturated rings. The second kappa shape index (κ2) is 7.97. The minimum Gasteiger partial charge on any atom is -0.493 e. The highest BCUT2D eigenvalue weighted by Gasteiger charge is 2.19. The SMILES string of the molecule is COc1cn(-c2ccccc2)nc1C(=O)OC/C=C/c1ccccc1. The quantitative estimate of drug-likeness (QED) is 0.644. The van der Waals surface area contributed by atoms with Crippen LogP contribution in [0.3, 0.4) is 0 Å². The summed E-state index contributed by atoms with van der Waals surface area (Å²) in [6.07, 6.45) is 5.34. The molecular formula is C20H18N2O3. The number of carbonyl (C=O) groups is 1. The standard InChI is InChI=1S/C20H18N2O3/c1-24-18-15-22(17-12-6-3-7-13-17)21-19(18)20(23)25-14-8-11-16-9-4-2-5-10-16/h2-13,15H,14H2,1H3/b11-8+. The van der Waals surface area contributed by atoms with Crippen LogP contribution >= 0.6 is 0 Å². The first-order valence-corrected chi connectivity index (χ1v) is 7.86. The summed E-state index contributed by atoms with van der Waals surface area (Å²) < 4.78 is 12.1. The molecule has 0 saturated heterocycles. The van der Waals surface area contributed by atoms with Crippen LogP contribution in [-0.4, -0.2) is 29.5 Å². The molecule has 126 valence electrons. The molecule has 5 heteroatoms. The normalized spacial score (nSPS) is 10.8. The average molecular weight is 334 g/mol. The number of ether oxygens (including phenoxy) is 2. The lowest BCUT2D eigenvalue weighted by Gasteiger charge is -2.01. The number of methoxy groups -OCH3 is 1. The van der Waals surface area contributed by atoms with E-state index in [0.717, 1.165) is 11.3 Å². The Bertz CT molecular complexity index is 855. The van der Waals surface area contributed by atoms with Crippen LogP contribution < -0.4 is 4.74 Å². The maximum Gasteiger partial charge on any atom is 0.363 e. The zero-order valence-corrected chi connectivity index (χ0v) is 13.8. The number of aromatic nitrogens is 2. The van der Waals surface area contributed by atoms with Gasteiger partial charge in [-0.25, -0.2) is 9.48 Å². The lowest BCUT2D eigenvalue weighted by atomic mass is 10.2. The van der Waals surface area contributed by atoms with Crippen molar-refractivity contribution in [2.24, 2.45) is 0 Å². The smallest absolute Gasteiger partial charge is 0.363 e. The second-order valence-electron chi connectivity index (χ2n) is 5.24. The van der Waals surface area contributed by atoms with Gasteiger partial charge in [-0.15, -0.1) is 0 Å². The van der Waals surface area contributed by atoms with Gasteiger partial charge in [0.15, 0.2) is 5.75 Å². The van der Waals surface area contributed by atoms with Gasteiger partial charge in [0.1, 0.15) is 6.61 Å². The van der Waals surface area contributed by atoms with Gasteiger partial charge in [0, 0.05) is 0 Å². The fourth-order valence-electron chi connectivity index (χ4n) is 2.30. The largest absolute Gasteiger partial charge is 0.493 e. The van der Waals surface area contributed by atoms with Crippen molar-refractivity contribution < 1.29 is 14.3 Å². The molecule has 0 bridgehead atoms. The third kappa shape index (κ3) is 4.14. The molecule has 1 aromatic heterocycles. The second-order valence-corrected chi connectivity index (χ2v) is 5.24. The van der Waals surface area contributed by atoms with Crippen molar-refractivity contribution in [3.63, 3.8) is 0 Å². The molecule has 0 aliphatic heterocycles. The van der Waals surface area contributed by atoms with E-state index >= 15 is 0 Å². The molecular weight excluding hydrogens is 316 g/mol. The van der Waals surface area contributed by atoms with Gasteiger partial charge in [0.2, 0.25) is 5.69 Å². The van der Waals surface area contributed by atoms with Crippen molar-refractivity contribution in [2.45, 2.75) is 0 Å². The van der Waals surface area contributed by atoms with Gasteiger partial charge in [0.05, 0.1) is 19.0 Å². The van der Waals surface area contributed by atoms with Gasteiger partial charge in [-0.05, 0) is 23.8 Å². The molecule has 0 radical (unpaired) electrons. The number of rotatable bonds is 6. The predicted molar refractivity (Wildman–Crippen MR) is 95.9 cm³/mol. The highest BCUT2D eigenvalue weighted by Crippen LogP contribution is 2.20. The van der Waals surface area contributed by atoms with Crippen LogP contribution in [-0.2, 0) is 4.74 Å². The van der Waals surface area contributed by atoms with E-state index in [4.69, 9.17) is 9.47 Å². The minimum absolute atomic E-state index is 0.152. The topological polar surface area (TPSA) is 53.4 Å². The van der Waals surface area contributed by atoms with Gasteiger partial charge in [-0.1, -0.05) is 54.6 Å². The predicted octanol–water partition coefficient (Wildman–Crippen LogP) is 3.75. The summed E-state index contributed by atoms with van der Waals surface area (Å²) in [6, 6.07) is 19.3. The molecule has 0 unspecified atom stereocenters. The van der Waals surface area contributed by atoms with Crippen molar-refractivity contribution in [3.05, 3.63) is 84.2 Å². The van der Waals surface area contributed by atoms with Crippen LogP contribution in [0.2, 0.25) is 0 Å². The summed E-state index contributed by atoms with van der Waals surface area (Å²) in [7, 11) is 1.50. The molecule has 0 spiro atoms. The number of esters is 1. The Hall–Kier alpha value is -3.34. The Kier molecular flexibility index (Phi) is 5.26. The van der Waals surface area contributed by atoms with E-state index in [0.29, 0.717) is 5.75 Å². The van der Waals surface area contributed by atoms with Crippen LogP contribution in [0.15, 0.2) is 72.9 Å². The maximum atomic E-state index is 12.3. The van der Waals surface area contributed by atoms with E-state index in [1.54, 1.807) is 17.0 Å². The first-order chi connectivity index (χ1) is 12.3. The summed E-state index contributed by atoms with van der Waals surface area (Å²) >= 11 is 0. The molecule has 2 aromatic carbocycles. The highest BCUT2D eigenvalue weighted by molar-refractivity contribution is 5.90. The number of nitrogens with zero attached hydrogens (tertiary/aromatic N) is 2. The molecule has 0 saturated carbocycles. The molecule has 25 heavy (non-hydrogen) atoms. The van der Waals surface area contributed by atoms with Gasteiger partial charge in [-0.3, -0.25) is 0 Å². The highest BCUT2D eigenvalue weighted by atomic mass is 16.5. The van der Waals surface area contributed by atoms with Crippen LogP contribution in [0.1, 0.15) is 16.1 Å². The van der Waals surface area contributed by atoms with E-state index in [-0.39, 0.29) is 12.3 Å². The Morgan fingerprint density at radius 2 is 1.76 bits per heavy atom. The van der Waals surface area contributed by atoms with E-state index in [2.05, 4.69) is 5.10 Å². The summed E-state index contributed by atoms with van der Waals surface area (Å²) in [4.78, 5) is 12.3. The number of carbonyl (C=O) groups excluding carboxylic acids is 1. The van der Waals surface area contributed by atoms with E-state index in [1.165, 1.54) is 7.11 Å². The Balaban J connectivity index is 1.67. The molecule has 1 heterocycles. The van der Waals surface area contributed by atoms with Crippen molar-refractivity contribution in [1.29, 1.82) is 0 Å². The lowest BCUT2D eigenvalue weighted by Crippen LogP contribution is -2.08. The number of benzene rings is 2. The zero-order valence-electron chi connectivity index (χ0n) is 13.8. The maximum absolute atomic E-state index is 12.3. The van der Waals surface area contributed by atoms with E-state index < -0.39 is 5.97 Å². The summed E-state index contributed by atoms with van der Waals surface area (Å²) in [5, 5.41) is 4.28. The number of hydrogen-bond acceptors (Lipinski definition) is 4. The van der Waals surface area contributed by atoms with Gasteiger partial charge >= 0.3 is 5.97 Å². The number of hydrogen-bond donors (Lipinski definition) is 0. The fraction of sp³-hybridized carbons (Fsp3) is 0.100. The summed E-state index contributed by atoms with van der Waals surface area (Å²) in [5.74, 6) is -0.148. The van der Waals surface area contributed by atoms with Crippen LogP contribution in [0.25, 0.3) is 11.8 Å². The van der Waals surface area contributed by atoms with Gasteiger partial charge < -0.3 is 9.47 Å². The average Bonchev–Trinajstić information content (AvgIpc) is 3.11. The molecule has 0 atom stereocenters. The fourth-order valence-corrected chi connectivity index (χ4v) is 2.30. The molecule has 5 nitrogen and oxygen atoms in total. The molecule has 3 aromatic rings. The molecule has 0 N–H and O–H groups in total.